The highest BCUT2D eigenvalue weighted by atomic mass is 35.5. The van der Waals surface area contributed by atoms with Crippen molar-refractivity contribution in [2.75, 3.05) is 34.5 Å². The standard InChI is InChI=1S/C36H34ClNO9/c1-18-13-23-30(34(40)36(18)35(41)31-27(43-3)17-28(44-4)32(37)33(31)47-36)22(16-29(39)38-23)20-6-8-25(26(15-20)42-2)46-11-9-19-5-7-24-21(14-19)10-12-45-24/h5-8,14-15,17-18,22H,9-13,16H2,1-4H3,(H,38,39)/t18-,22?,36+/m1/s1. The fourth-order valence-corrected chi connectivity index (χ4v) is 7.43. The predicted octanol–water partition coefficient (Wildman–Crippen LogP) is 5.40. The number of halogens is 1. The Labute approximate surface area is 276 Å². The van der Waals surface area contributed by atoms with Crippen LogP contribution in [0.1, 0.15) is 52.7 Å². The molecule has 3 aliphatic heterocycles. The van der Waals surface area contributed by atoms with E-state index in [0.717, 1.165) is 17.7 Å². The van der Waals surface area contributed by atoms with E-state index in [1.54, 1.807) is 26.2 Å². The number of ether oxygens (including phenoxy) is 6. The number of rotatable bonds is 8. The number of hydrogen-bond donors (Lipinski definition) is 1. The molecule has 244 valence electrons. The topological polar surface area (TPSA) is 119 Å². The number of ketones is 2. The van der Waals surface area contributed by atoms with Crippen LogP contribution in [0.15, 0.2) is 53.7 Å². The molecule has 11 heteroatoms. The molecular weight excluding hydrogens is 626 g/mol. The minimum atomic E-state index is -1.89. The molecule has 1 unspecified atom stereocenters. The second kappa shape index (κ2) is 11.8. The van der Waals surface area contributed by atoms with E-state index in [2.05, 4.69) is 11.4 Å². The van der Waals surface area contributed by atoms with Crippen LogP contribution in [0.2, 0.25) is 5.02 Å². The molecule has 10 nitrogen and oxygen atoms in total. The van der Waals surface area contributed by atoms with Crippen molar-refractivity contribution in [3.05, 3.63) is 81.0 Å². The van der Waals surface area contributed by atoms with Crippen molar-refractivity contribution in [2.45, 2.75) is 44.1 Å². The molecule has 1 amide bonds. The maximum absolute atomic E-state index is 14.7. The van der Waals surface area contributed by atoms with E-state index in [4.69, 9.17) is 40.0 Å². The van der Waals surface area contributed by atoms with Crippen molar-refractivity contribution in [3.63, 3.8) is 0 Å². The molecule has 47 heavy (non-hydrogen) atoms. The van der Waals surface area contributed by atoms with Gasteiger partial charge in [0.2, 0.25) is 23.1 Å². The first kappa shape index (κ1) is 30.9. The summed E-state index contributed by atoms with van der Waals surface area (Å²) in [6.45, 7) is 2.89. The first-order valence-corrected chi connectivity index (χ1v) is 15.9. The van der Waals surface area contributed by atoms with E-state index in [9.17, 15) is 14.4 Å². The molecule has 1 N–H and O–H groups in total. The molecule has 1 aliphatic carbocycles. The van der Waals surface area contributed by atoms with Crippen molar-refractivity contribution >= 4 is 29.1 Å². The number of methoxy groups -OCH3 is 3. The number of benzene rings is 3. The fourth-order valence-electron chi connectivity index (χ4n) is 7.17. The number of carbonyl (C=O) groups is 3. The summed E-state index contributed by atoms with van der Waals surface area (Å²) in [5, 5.41) is 2.97. The lowest BCUT2D eigenvalue weighted by molar-refractivity contribution is -0.131. The number of amides is 1. The minimum Gasteiger partial charge on any atom is -0.496 e. The minimum absolute atomic E-state index is 0.000521. The van der Waals surface area contributed by atoms with E-state index >= 15 is 0 Å². The van der Waals surface area contributed by atoms with Crippen LogP contribution in [0.5, 0.6) is 34.5 Å². The maximum Gasteiger partial charge on any atom is 0.236 e. The molecule has 7 rings (SSSR count). The Balaban J connectivity index is 1.18. The predicted molar refractivity (Wildman–Crippen MR) is 171 cm³/mol. The van der Waals surface area contributed by atoms with Crippen molar-refractivity contribution in [2.24, 2.45) is 5.92 Å². The highest BCUT2D eigenvalue weighted by molar-refractivity contribution is 6.36. The van der Waals surface area contributed by atoms with E-state index in [1.807, 2.05) is 18.2 Å². The van der Waals surface area contributed by atoms with Gasteiger partial charge >= 0.3 is 0 Å². The summed E-state index contributed by atoms with van der Waals surface area (Å²) < 4.78 is 34.6. The van der Waals surface area contributed by atoms with Gasteiger partial charge in [-0.3, -0.25) is 14.4 Å². The number of carbonyl (C=O) groups excluding carboxylic acids is 3. The van der Waals surface area contributed by atoms with Crippen LogP contribution in [-0.4, -0.2) is 57.6 Å². The number of hydrogen-bond acceptors (Lipinski definition) is 9. The average Bonchev–Trinajstić information content (AvgIpc) is 3.67. The molecule has 3 atom stereocenters. The summed E-state index contributed by atoms with van der Waals surface area (Å²) >= 11 is 6.60. The van der Waals surface area contributed by atoms with Gasteiger partial charge in [-0.1, -0.05) is 36.7 Å². The van der Waals surface area contributed by atoms with Crippen LogP contribution in [-0.2, 0) is 22.4 Å². The van der Waals surface area contributed by atoms with Crippen molar-refractivity contribution < 1.29 is 42.8 Å². The average molecular weight is 660 g/mol. The first-order valence-electron chi connectivity index (χ1n) is 15.5. The quantitative estimate of drug-likeness (QED) is 0.317. The van der Waals surface area contributed by atoms with Crippen LogP contribution in [0.4, 0.5) is 0 Å². The van der Waals surface area contributed by atoms with Gasteiger partial charge in [0, 0.05) is 48.4 Å². The summed E-state index contributed by atoms with van der Waals surface area (Å²) in [6, 6.07) is 13.1. The second-order valence-electron chi connectivity index (χ2n) is 12.1. The number of allylic oxidation sites excluding steroid dienone is 1. The number of nitrogens with one attached hydrogen (secondary N) is 1. The molecule has 0 radical (unpaired) electrons. The Kier molecular flexibility index (Phi) is 7.78. The third-order valence-corrected chi connectivity index (χ3v) is 9.91. The molecule has 0 aromatic heterocycles. The zero-order chi connectivity index (χ0) is 33.0. The van der Waals surface area contributed by atoms with Crippen LogP contribution in [0.3, 0.4) is 0 Å². The molecule has 0 saturated heterocycles. The molecule has 3 aromatic carbocycles. The van der Waals surface area contributed by atoms with Crippen molar-refractivity contribution in [3.8, 4) is 34.5 Å². The second-order valence-corrected chi connectivity index (χ2v) is 12.5. The van der Waals surface area contributed by atoms with Gasteiger partial charge < -0.3 is 33.7 Å². The van der Waals surface area contributed by atoms with Gasteiger partial charge in [-0.25, -0.2) is 0 Å². The SMILES string of the molecule is COc1cc(C2CC(=O)NC3=C2C(=O)[C@@]2(Oc4c(Cl)c(OC)cc(OC)c4C2=O)[C@H](C)C3)ccc1OCCc1ccc2c(c1)CCO2. The van der Waals surface area contributed by atoms with Gasteiger partial charge in [0.05, 0.1) is 34.5 Å². The third-order valence-electron chi connectivity index (χ3n) is 9.55. The Morgan fingerprint density at radius 3 is 2.47 bits per heavy atom. The van der Waals surface area contributed by atoms with Crippen LogP contribution in [0, 0.1) is 5.92 Å². The Bertz CT molecular complexity index is 1870. The van der Waals surface area contributed by atoms with Crippen LogP contribution >= 0.6 is 11.6 Å². The van der Waals surface area contributed by atoms with Crippen molar-refractivity contribution in [1.29, 1.82) is 0 Å². The molecule has 4 aliphatic rings. The molecular formula is C36H34ClNO9. The monoisotopic (exact) mass is 659 g/mol. The molecule has 0 bridgehead atoms. The normalized spacial score (nSPS) is 22.6. The highest BCUT2D eigenvalue weighted by Gasteiger charge is 2.63. The summed E-state index contributed by atoms with van der Waals surface area (Å²) in [7, 11) is 4.40. The van der Waals surface area contributed by atoms with E-state index < -0.39 is 29.0 Å². The maximum atomic E-state index is 14.7. The largest absolute Gasteiger partial charge is 0.496 e. The van der Waals surface area contributed by atoms with E-state index in [1.165, 1.54) is 25.8 Å². The Hall–Kier alpha value is -4.70. The van der Waals surface area contributed by atoms with Gasteiger partial charge in [-0.2, -0.15) is 0 Å². The molecule has 0 fully saturated rings. The van der Waals surface area contributed by atoms with Gasteiger partial charge in [0.1, 0.15) is 27.8 Å². The lowest BCUT2D eigenvalue weighted by Gasteiger charge is -2.41. The first-order chi connectivity index (χ1) is 22.7. The van der Waals surface area contributed by atoms with E-state index in [-0.39, 0.29) is 46.6 Å². The van der Waals surface area contributed by atoms with Crippen LogP contribution < -0.4 is 33.7 Å². The highest BCUT2D eigenvalue weighted by Crippen LogP contribution is 2.55. The molecule has 0 saturated carbocycles. The van der Waals surface area contributed by atoms with Gasteiger partial charge in [-0.15, -0.1) is 0 Å². The summed E-state index contributed by atoms with van der Waals surface area (Å²) in [6.07, 6.45) is 1.83. The molecule has 1 spiro atoms. The van der Waals surface area contributed by atoms with Crippen molar-refractivity contribution in [1.82, 2.24) is 5.32 Å². The fraction of sp³-hybridized carbons (Fsp3) is 0.361. The van der Waals surface area contributed by atoms with Crippen LogP contribution in [0.25, 0.3) is 0 Å². The Morgan fingerprint density at radius 1 is 0.915 bits per heavy atom. The Morgan fingerprint density at radius 2 is 1.70 bits per heavy atom. The summed E-state index contributed by atoms with van der Waals surface area (Å²) in [5.41, 5.74) is 2.04. The van der Waals surface area contributed by atoms with Gasteiger partial charge in [0.15, 0.2) is 17.2 Å². The summed E-state index contributed by atoms with van der Waals surface area (Å²) in [4.78, 5) is 41.9. The lowest BCUT2D eigenvalue weighted by Crippen LogP contribution is -2.59. The lowest BCUT2D eigenvalue weighted by atomic mass is 9.66. The zero-order valence-electron chi connectivity index (χ0n) is 26.5. The molecule has 3 heterocycles. The summed E-state index contributed by atoms with van der Waals surface area (Å²) in [5.74, 6) is -0.115. The van der Waals surface area contributed by atoms with Gasteiger partial charge in [-0.05, 0) is 41.3 Å². The van der Waals surface area contributed by atoms with E-state index in [0.29, 0.717) is 48.0 Å². The van der Waals surface area contributed by atoms with Gasteiger partial charge in [0.25, 0.3) is 0 Å². The molecule has 3 aromatic rings. The zero-order valence-corrected chi connectivity index (χ0v) is 27.2. The number of fused-ring (bicyclic) bond motifs is 2. The third kappa shape index (κ3) is 4.88. The smallest absolute Gasteiger partial charge is 0.236 e. The number of Topliss-reactive ketones (excluding diaryl/α,β-unsaturated/α-hetero) is 2.